The molecule has 2 N–H and O–H groups in total. The second kappa shape index (κ2) is 7.77. The summed E-state index contributed by atoms with van der Waals surface area (Å²) in [5.74, 6) is 8.05. The maximum absolute atomic E-state index is 6.39. The van der Waals surface area contributed by atoms with E-state index in [4.69, 9.17) is 10.6 Å². The number of para-hydroxylation sites is 1. The Morgan fingerprint density at radius 3 is 2.72 bits per heavy atom. The van der Waals surface area contributed by atoms with E-state index >= 15 is 0 Å². The van der Waals surface area contributed by atoms with Crippen molar-refractivity contribution in [2.24, 2.45) is 11.8 Å². The number of hydrogen-bond donors (Lipinski definition) is 1. The zero-order valence-corrected chi connectivity index (χ0v) is 15.5. The van der Waals surface area contributed by atoms with Crippen molar-refractivity contribution in [1.29, 1.82) is 0 Å². The molecule has 0 radical (unpaired) electrons. The van der Waals surface area contributed by atoms with Gasteiger partial charge in [0.2, 0.25) is 0 Å². The van der Waals surface area contributed by atoms with Crippen LogP contribution in [0.5, 0.6) is 5.75 Å². The lowest BCUT2D eigenvalue weighted by molar-refractivity contribution is 0.0921. The van der Waals surface area contributed by atoms with Crippen molar-refractivity contribution in [1.82, 2.24) is 5.01 Å². The Labute approximate surface area is 156 Å². The average molecular weight is 359 g/mol. The Bertz CT molecular complexity index is 706. The molecule has 0 spiro atoms. The smallest absolute Gasteiger partial charge is 0.126 e. The van der Waals surface area contributed by atoms with E-state index in [0.717, 1.165) is 31.6 Å². The summed E-state index contributed by atoms with van der Waals surface area (Å²) < 4.78 is 6.10. The van der Waals surface area contributed by atoms with Gasteiger partial charge in [0.05, 0.1) is 6.04 Å². The molecule has 4 heteroatoms. The van der Waals surface area contributed by atoms with Gasteiger partial charge in [-0.1, -0.05) is 48.5 Å². The van der Waals surface area contributed by atoms with Gasteiger partial charge in [-0.05, 0) is 48.8 Å². The molecular formula is C21H27ClN2O. The quantitative estimate of drug-likeness (QED) is 0.831. The minimum atomic E-state index is 0. The van der Waals surface area contributed by atoms with Crippen molar-refractivity contribution in [3.63, 3.8) is 0 Å². The van der Waals surface area contributed by atoms with Crippen molar-refractivity contribution >= 4 is 12.4 Å². The maximum Gasteiger partial charge on any atom is 0.126 e. The van der Waals surface area contributed by atoms with Crippen LogP contribution < -0.4 is 10.6 Å². The maximum atomic E-state index is 6.39. The molecule has 0 amide bonds. The second-order valence-electron chi connectivity index (χ2n) is 7.24. The van der Waals surface area contributed by atoms with E-state index in [-0.39, 0.29) is 18.4 Å². The van der Waals surface area contributed by atoms with Crippen LogP contribution in [0.1, 0.15) is 42.5 Å². The fraction of sp³-hybridized carbons (Fsp3) is 0.429. The molecule has 2 heterocycles. The number of piperidine rings is 1. The molecule has 134 valence electrons. The molecule has 2 aromatic rings. The van der Waals surface area contributed by atoms with Crippen LogP contribution in [-0.2, 0) is 12.8 Å². The summed E-state index contributed by atoms with van der Waals surface area (Å²) in [7, 11) is 0. The summed E-state index contributed by atoms with van der Waals surface area (Å²) in [4.78, 5) is 0. The van der Waals surface area contributed by atoms with Crippen LogP contribution in [0.4, 0.5) is 0 Å². The van der Waals surface area contributed by atoms with Crippen LogP contribution in [0, 0.1) is 5.92 Å². The number of hydrazine groups is 1. The van der Waals surface area contributed by atoms with E-state index in [1.54, 1.807) is 0 Å². The molecule has 2 aromatic carbocycles. The lowest BCUT2D eigenvalue weighted by Crippen LogP contribution is -2.44. The van der Waals surface area contributed by atoms with Crippen molar-refractivity contribution in [3.05, 3.63) is 65.2 Å². The van der Waals surface area contributed by atoms with Gasteiger partial charge in [0.25, 0.3) is 0 Å². The van der Waals surface area contributed by atoms with Gasteiger partial charge in [-0.25, -0.2) is 5.01 Å². The highest BCUT2D eigenvalue weighted by atomic mass is 35.5. The van der Waals surface area contributed by atoms with Gasteiger partial charge in [-0.15, -0.1) is 12.4 Å². The number of fused-ring (bicyclic) bond motifs is 1. The Kier molecular flexibility index (Phi) is 5.67. The number of hydrogen-bond acceptors (Lipinski definition) is 3. The van der Waals surface area contributed by atoms with Crippen LogP contribution in [0.3, 0.4) is 0 Å². The molecule has 2 aliphatic heterocycles. The third-order valence-electron chi connectivity index (χ3n) is 5.42. The van der Waals surface area contributed by atoms with Gasteiger partial charge in [0, 0.05) is 13.0 Å². The van der Waals surface area contributed by atoms with E-state index in [1.165, 1.54) is 23.1 Å². The lowest BCUT2D eigenvalue weighted by atomic mass is 9.81. The van der Waals surface area contributed by atoms with Crippen LogP contribution in [0.15, 0.2) is 48.5 Å². The predicted octanol–water partition coefficient (Wildman–Crippen LogP) is 4.30. The number of rotatable bonds is 3. The van der Waals surface area contributed by atoms with Crippen LogP contribution in [0.2, 0.25) is 0 Å². The predicted molar refractivity (Wildman–Crippen MR) is 104 cm³/mol. The molecule has 1 saturated heterocycles. The first-order valence-electron chi connectivity index (χ1n) is 9.06. The van der Waals surface area contributed by atoms with Crippen molar-refractivity contribution in [3.8, 4) is 5.75 Å². The first-order valence-corrected chi connectivity index (χ1v) is 9.06. The Hall–Kier alpha value is -1.55. The molecule has 25 heavy (non-hydrogen) atoms. The molecule has 0 saturated carbocycles. The van der Waals surface area contributed by atoms with Gasteiger partial charge in [0.15, 0.2) is 0 Å². The third kappa shape index (κ3) is 3.69. The molecule has 1 unspecified atom stereocenters. The number of ether oxygens (including phenoxy) is 1. The van der Waals surface area contributed by atoms with Gasteiger partial charge in [-0.3, -0.25) is 5.84 Å². The average Bonchev–Trinajstić information content (AvgIpc) is 2.97. The zero-order chi connectivity index (χ0) is 16.5. The lowest BCUT2D eigenvalue weighted by Gasteiger charge is -2.39. The van der Waals surface area contributed by atoms with Crippen LogP contribution in [0.25, 0.3) is 0 Å². The standard InChI is InChI=1S/C21H26N2O.ClH/c1-15-13-18-9-5-10-19(21(18)24-15)14-17-11-6-12-23(22)20(17)16-7-3-2-4-8-16;/h2-5,7-10,15,17,20H,6,11-14,22H2,1H3;1H/t15?,17-,20+;/m0./s1. The fourth-order valence-electron chi connectivity index (χ4n) is 4.38. The summed E-state index contributed by atoms with van der Waals surface area (Å²) in [5.41, 5.74) is 4.03. The molecule has 3 nitrogen and oxygen atoms in total. The van der Waals surface area contributed by atoms with E-state index in [1.807, 2.05) is 5.01 Å². The topological polar surface area (TPSA) is 38.5 Å². The molecule has 0 bridgehead atoms. The Morgan fingerprint density at radius 1 is 1.12 bits per heavy atom. The van der Waals surface area contributed by atoms with Crippen molar-refractivity contribution in [2.75, 3.05) is 6.54 Å². The highest BCUT2D eigenvalue weighted by Crippen LogP contribution is 2.40. The molecule has 0 aromatic heterocycles. The minimum Gasteiger partial charge on any atom is -0.490 e. The summed E-state index contributed by atoms with van der Waals surface area (Å²) >= 11 is 0. The van der Waals surface area contributed by atoms with Gasteiger partial charge >= 0.3 is 0 Å². The van der Waals surface area contributed by atoms with Crippen molar-refractivity contribution in [2.45, 2.75) is 44.8 Å². The molecule has 4 rings (SSSR count). The van der Waals surface area contributed by atoms with Crippen LogP contribution >= 0.6 is 12.4 Å². The van der Waals surface area contributed by atoms with Gasteiger partial charge < -0.3 is 4.74 Å². The Morgan fingerprint density at radius 2 is 1.92 bits per heavy atom. The first-order chi connectivity index (χ1) is 11.7. The van der Waals surface area contributed by atoms with E-state index in [2.05, 4.69) is 55.5 Å². The SMILES string of the molecule is CC1Cc2cccc(C[C@@H]3CCCN(N)[C@@H]3c3ccccc3)c2O1.Cl. The van der Waals surface area contributed by atoms with E-state index in [0.29, 0.717) is 12.0 Å². The zero-order valence-electron chi connectivity index (χ0n) is 14.7. The normalized spacial score (nSPS) is 25.8. The largest absolute Gasteiger partial charge is 0.490 e. The summed E-state index contributed by atoms with van der Waals surface area (Å²) in [6, 6.07) is 17.6. The van der Waals surface area contributed by atoms with E-state index in [9.17, 15) is 0 Å². The second-order valence-corrected chi connectivity index (χ2v) is 7.24. The third-order valence-corrected chi connectivity index (χ3v) is 5.42. The summed E-state index contributed by atoms with van der Waals surface area (Å²) in [6.45, 7) is 3.12. The molecule has 3 atom stereocenters. The molecule has 2 aliphatic rings. The highest BCUT2D eigenvalue weighted by molar-refractivity contribution is 5.85. The summed E-state index contributed by atoms with van der Waals surface area (Å²) in [6.07, 6.45) is 4.73. The highest BCUT2D eigenvalue weighted by Gasteiger charge is 2.32. The number of halogens is 1. The minimum absolute atomic E-state index is 0. The number of benzene rings is 2. The Balaban J connectivity index is 0.00000182. The molecule has 1 fully saturated rings. The number of nitrogens with zero attached hydrogens (tertiary/aromatic N) is 1. The summed E-state index contributed by atoms with van der Waals surface area (Å²) in [5, 5.41) is 2.04. The van der Waals surface area contributed by atoms with Gasteiger partial charge in [-0.2, -0.15) is 0 Å². The fourth-order valence-corrected chi connectivity index (χ4v) is 4.38. The first kappa shape index (κ1) is 18.2. The van der Waals surface area contributed by atoms with Gasteiger partial charge in [0.1, 0.15) is 11.9 Å². The monoisotopic (exact) mass is 358 g/mol. The number of nitrogens with two attached hydrogens (primary N) is 1. The van der Waals surface area contributed by atoms with E-state index < -0.39 is 0 Å². The molecular weight excluding hydrogens is 332 g/mol. The molecule has 0 aliphatic carbocycles. The van der Waals surface area contributed by atoms with Crippen molar-refractivity contribution < 1.29 is 4.74 Å². The van der Waals surface area contributed by atoms with Crippen LogP contribution in [-0.4, -0.2) is 17.7 Å².